The molecule has 2 amide bonds. The van der Waals surface area contributed by atoms with E-state index in [1.807, 2.05) is 57.2 Å². The van der Waals surface area contributed by atoms with Gasteiger partial charge in [-0.3, -0.25) is 9.59 Å². The van der Waals surface area contributed by atoms with E-state index in [0.717, 1.165) is 16.9 Å². The highest BCUT2D eigenvalue weighted by molar-refractivity contribution is 6.30. The summed E-state index contributed by atoms with van der Waals surface area (Å²) < 4.78 is 5.21. The van der Waals surface area contributed by atoms with Crippen LogP contribution in [0, 0.1) is 0 Å². The molecule has 0 saturated carbocycles. The summed E-state index contributed by atoms with van der Waals surface area (Å²) >= 11 is 5.95. The van der Waals surface area contributed by atoms with Gasteiger partial charge in [-0.1, -0.05) is 42.8 Å². The van der Waals surface area contributed by atoms with Crippen molar-refractivity contribution in [1.82, 2.24) is 10.2 Å². The van der Waals surface area contributed by atoms with E-state index in [1.165, 1.54) is 0 Å². The van der Waals surface area contributed by atoms with Gasteiger partial charge in [0.25, 0.3) is 0 Å². The van der Waals surface area contributed by atoms with Gasteiger partial charge in [-0.2, -0.15) is 0 Å². The predicted octanol–water partition coefficient (Wildman–Crippen LogP) is 4.22. The summed E-state index contributed by atoms with van der Waals surface area (Å²) in [5, 5.41) is 3.56. The molecule has 1 N–H and O–H groups in total. The first-order chi connectivity index (χ1) is 13.8. The van der Waals surface area contributed by atoms with Crippen molar-refractivity contribution in [2.75, 3.05) is 7.11 Å². The third-order valence-corrected chi connectivity index (χ3v) is 4.85. The van der Waals surface area contributed by atoms with Crippen LogP contribution in [0.15, 0.2) is 48.5 Å². The van der Waals surface area contributed by atoms with Gasteiger partial charge in [-0.25, -0.2) is 0 Å². The van der Waals surface area contributed by atoms with Crippen LogP contribution in [0.2, 0.25) is 5.02 Å². The number of carbonyl (C=O) groups excluding carboxylic acids is 2. The Morgan fingerprint density at radius 2 is 1.62 bits per heavy atom. The van der Waals surface area contributed by atoms with Crippen molar-refractivity contribution < 1.29 is 14.3 Å². The van der Waals surface area contributed by atoms with Crippen molar-refractivity contribution in [3.63, 3.8) is 0 Å². The SMILES string of the molecule is CCC(C(=O)NC(C)C)N(Cc1ccc(OC)cc1)C(=O)Cc1ccc(Cl)cc1. The van der Waals surface area contributed by atoms with Crippen LogP contribution in [-0.4, -0.2) is 35.9 Å². The van der Waals surface area contributed by atoms with Crippen LogP contribution in [0.5, 0.6) is 5.75 Å². The highest BCUT2D eigenvalue weighted by Crippen LogP contribution is 2.18. The van der Waals surface area contributed by atoms with Crippen molar-refractivity contribution in [2.45, 2.75) is 52.2 Å². The van der Waals surface area contributed by atoms with E-state index in [2.05, 4.69) is 5.32 Å². The molecule has 2 aromatic carbocycles. The molecule has 156 valence electrons. The number of halogens is 1. The Labute approximate surface area is 178 Å². The number of amides is 2. The van der Waals surface area contributed by atoms with Gasteiger partial charge in [0.15, 0.2) is 0 Å². The molecular formula is C23H29ClN2O3. The molecule has 0 saturated heterocycles. The molecular weight excluding hydrogens is 388 g/mol. The summed E-state index contributed by atoms with van der Waals surface area (Å²) in [5.74, 6) is 0.506. The molecule has 0 radical (unpaired) electrons. The number of nitrogens with zero attached hydrogens (tertiary/aromatic N) is 1. The van der Waals surface area contributed by atoms with E-state index in [1.54, 1.807) is 24.1 Å². The number of rotatable bonds is 9. The first kappa shape index (κ1) is 22.8. The third kappa shape index (κ3) is 6.79. The number of nitrogens with one attached hydrogen (secondary N) is 1. The summed E-state index contributed by atoms with van der Waals surface area (Å²) in [6.45, 7) is 6.09. The minimum Gasteiger partial charge on any atom is -0.497 e. The van der Waals surface area contributed by atoms with E-state index in [-0.39, 0.29) is 24.3 Å². The second kappa shape index (κ2) is 10.9. The summed E-state index contributed by atoms with van der Waals surface area (Å²) in [5.41, 5.74) is 1.80. The maximum Gasteiger partial charge on any atom is 0.243 e. The molecule has 0 aliphatic rings. The first-order valence-corrected chi connectivity index (χ1v) is 10.2. The molecule has 5 nitrogen and oxygen atoms in total. The summed E-state index contributed by atoms with van der Waals surface area (Å²) in [6.07, 6.45) is 0.736. The van der Waals surface area contributed by atoms with Crippen LogP contribution in [0.3, 0.4) is 0 Å². The molecule has 0 aromatic heterocycles. The van der Waals surface area contributed by atoms with E-state index in [4.69, 9.17) is 16.3 Å². The number of ether oxygens (including phenoxy) is 1. The lowest BCUT2D eigenvalue weighted by molar-refractivity contribution is -0.141. The highest BCUT2D eigenvalue weighted by Gasteiger charge is 2.29. The van der Waals surface area contributed by atoms with E-state index in [9.17, 15) is 9.59 Å². The highest BCUT2D eigenvalue weighted by atomic mass is 35.5. The zero-order chi connectivity index (χ0) is 21.4. The Morgan fingerprint density at radius 3 is 2.14 bits per heavy atom. The van der Waals surface area contributed by atoms with Gasteiger partial charge >= 0.3 is 0 Å². The average molecular weight is 417 g/mol. The van der Waals surface area contributed by atoms with Crippen LogP contribution in [0.25, 0.3) is 0 Å². The molecule has 0 spiro atoms. The van der Waals surface area contributed by atoms with Crippen molar-refractivity contribution in [3.8, 4) is 5.75 Å². The van der Waals surface area contributed by atoms with Crippen LogP contribution >= 0.6 is 11.6 Å². The molecule has 0 heterocycles. The van der Waals surface area contributed by atoms with Gasteiger partial charge in [0, 0.05) is 17.6 Å². The van der Waals surface area contributed by atoms with E-state index >= 15 is 0 Å². The second-order valence-corrected chi connectivity index (χ2v) is 7.70. The molecule has 0 bridgehead atoms. The fourth-order valence-electron chi connectivity index (χ4n) is 3.11. The summed E-state index contributed by atoms with van der Waals surface area (Å²) in [7, 11) is 1.61. The number of hydrogen-bond acceptors (Lipinski definition) is 3. The zero-order valence-corrected chi connectivity index (χ0v) is 18.2. The van der Waals surface area contributed by atoms with Gasteiger partial charge in [0.1, 0.15) is 11.8 Å². The molecule has 1 atom stereocenters. The zero-order valence-electron chi connectivity index (χ0n) is 17.4. The molecule has 29 heavy (non-hydrogen) atoms. The Bertz CT molecular complexity index is 804. The minimum absolute atomic E-state index is 0.00533. The normalized spacial score (nSPS) is 11.8. The maximum atomic E-state index is 13.2. The topological polar surface area (TPSA) is 58.6 Å². The van der Waals surface area contributed by atoms with Crippen molar-refractivity contribution in [3.05, 3.63) is 64.7 Å². The van der Waals surface area contributed by atoms with Gasteiger partial charge in [-0.15, -0.1) is 0 Å². The molecule has 0 aliphatic heterocycles. The van der Waals surface area contributed by atoms with E-state index in [0.29, 0.717) is 18.0 Å². The monoisotopic (exact) mass is 416 g/mol. The molecule has 2 aromatic rings. The summed E-state index contributed by atoms with van der Waals surface area (Å²) in [4.78, 5) is 27.6. The number of carbonyl (C=O) groups is 2. The Morgan fingerprint density at radius 1 is 1.03 bits per heavy atom. The van der Waals surface area contributed by atoms with Gasteiger partial charge in [-0.05, 0) is 55.7 Å². The van der Waals surface area contributed by atoms with Crippen LogP contribution in [-0.2, 0) is 22.6 Å². The maximum absolute atomic E-state index is 13.2. The lowest BCUT2D eigenvalue weighted by Crippen LogP contribution is -2.50. The minimum atomic E-state index is -0.542. The second-order valence-electron chi connectivity index (χ2n) is 7.26. The van der Waals surface area contributed by atoms with Crippen molar-refractivity contribution in [2.24, 2.45) is 0 Å². The Kier molecular flexibility index (Phi) is 8.52. The van der Waals surface area contributed by atoms with Gasteiger partial charge in [0.2, 0.25) is 11.8 Å². The fraction of sp³-hybridized carbons (Fsp3) is 0.391. The lowest BCUT2D eigenvalue weighted by Gasteiger charge is -2.31. The largest absolute Gasteiger partial charge is 0.497 e. The van der Waals surface area contributed by atoms with Crippen LogP contribution in [0.1, 0.15) is 38.3 Å². The third-order valence-electron chi connectivity index (χ3n) is 4.60. The standard InChI is InChI=1S/C23H29ClN2O3/c1-5-21(23(28)25-16(2)3)26(15-18-8-12-20(29-4)13-9-18)22(27)14-17-6-10-19(24)11-7-17/h6-13,16,21H,5,14-15H2,1-4H3,(H,25,28). The molecule has 1 unspecified atom stereocenters. The first-order valence-electron chi connectivity index (χ1n) is 9.81. The quantitative estimate of drug-likeness (QED) is 0.665. The molecule has 2 rings (SSSR count). The Hall–Kier alpha value is -2.53. The summed E-state index contributed by atoms with van der Waals surface area (Å²) in [6, 6.07) is 14.2. The number of methoxy groups -OCH3 is 1. The average Bonchev–Trinajstić information content (AvgIpc) is 2.69. The molecule has 6 heteroatoms. The van der Waals surface area contributed by atoms with Gasteiger partial charge < -0.3 is 15.0 Å². The predicted molar refractivity (Wildman–Crippen MR) is 116 cm³/mol. The van der Waals surface area contributed by atoms with Crippen LogP contribution < -0.4 is 10.1 Å². The molecule has 0 aliphatic carbocycles. The number of hydrogen-bond donors (Lipinski definition) is 1. The lowest BCUT2D eigenvalue weighted by atomic mass is 10.1. The van der Waals surface area contributed by atoms with Crippen molar-refractivity contribution in [1.29, 1.82) is 0 Å². The molecule has 0 fully saturated rings. The fourth-order valence-corrected chi connectivity index (χ4v) is 3.23. The number of benzene rings is 2. The van der Waals surface area contributed by atoms with Gasteiger partial charge in [0.05, 0.1) is 13.5 Å². The van der Waals surface area contributed by atoms with E-state index < -0.39 is 6.04 Å². The van der Waals surface area contributed by atoms with Crippen LogP contribution in [0.4, 0.5) is 0 Å². The smallest absolute Gasteiger partial charge is 0.243 e. The Balaban J connectivity index is 2.27. The van der Waals surface area contributed by atoms with Crippen molar-refractivity contribution >= 4 is 23.4 Å².